The van der Waals surface area contributed by atoms with Crippen molar-refractivity contribution in [1.82, 2.24) is 0 Å². The molecule has 0 atom stereocenters. The minimum absolute atomic E-state index is 0.107. The monoisotopic (exact) mass is 355 g/mol. The lowest BCUT2D eigenvalue weighted by Gasteiger charge is -2.09. The van der Waals surface area contributed by atoms with E-state index in [-0.39, 0.29) is 18.1 Å². The number of anilines is 1. The van der Waals surface area contributed by atoms with Gasteiger partial charge in [0.15, 0.2) is 0 Å². The van der Waals surface area contributed by atoms with E-state index in [1.165, 1.54) is 12.1 Å². The summed E-state index contributed by atoms with van der Waals surface area (Å²) in [5.74, 6) is -0.578. The van der Waals surface area contributed by atoms with Crippen LogP contribution in [0.15, 0.2) is 40.9 Å². The molecule has 5 heteroatoms. The van der Waals surface area contributed by atoms with E-state index < -0.39 is 0 Å². The molecule has 0 saturated heterocycles. The van der Waals surface area contributed by atoms with Gasteiger partial charge in [0, 0.05) is 9.50 Å². The van der Waals surface area contributed by atoms with Crippen molar-refractivity contribution in [2.24, 2.45) is 0 Å². The van der Waals surface area contributed by atoms with Gasteiger partial charge in [-0.25, -0.2) is 4.39 Å². The van der Waals surface area contributed by atoms with Crippen LogP contribution < -0.4 is 5.32 Å². The van der Waals surface area contributed by atoms with Gasteiger partial charge in [0.2, 0.25) is 5.91 Å². The van der Waals surface area contributed by atoms with Crippen LogP contribution in [0.1, 0.15) is 11.1 Å². The molecule has 0 unspecified atom stereocenters. The summed E-state index contributed by atoms with van der Waals surface area (Å²) in [6.45, 7) is 1.88. The zero-order valence-corrected chi connectivity index (χ0v) is 13.1. The summed E-state index contributed by atoms with van der Waals surface area (Å²) in [5, 5.41) is 3.33. The van der Waals surface area contributed by atoms with Gasteiger partial charge in [-0.3, -0.25) is 4.79 Å². The lowest BCUT2D eigenvalue weighted by atomic mass is 10.1. The molecule has 20 heavy (non-hydrogen) atoms. The second-order valence-electron chi connectivity index (χ2n) is 4.44. The maximum atomic E-state index is 13.0. The van der Waals surface area contributed by atoms with Crippen molar-refractivity contribution in [3.05, 3.63) is 62.8 Å². The predicted octanol–water partition coefficient (Wildman–Crippen LogP) is 4.73. The number of carbonyl (C=O) groups excluding carboxylic acids is 1. The highest BCUT2D eigenvalue weighted by molar-refractivity contribution is 9.10. The van der Waals surface area contributed by atoms with Gasteiger partial charge in [-0.2, -0.15) is 0 Å². The van der Waals surface area contributed by atoms with Gasteiger partial charge in [-0.15, -0.1) is 0 Å². The standard InChI is InChI=1S/C15H12BrClFNO/c1-9-5-12(16)14(8-13(9)17)19-15(20)7-10-3-2-4-11(18)6-10/h2-6,8H,7H2,1H3,(H,19,20). The first kappa shape index (κ1) is 15.0. The number of benzene rings is 2. The van der Waals surface area contributed by atoms with Crippen LogP contribution in [0.5, 0.6) is 0 Å². The van der Waals surface area contributed by atoms with E-state index in [0.29, 0.717) is 16.3 Å². The average molecular weight is 357 g/mol. The molecule has 2 aromatic carbocycles. The Kier molecular flexibility index (Phi) is 4.78. The lowest BCUT2D eigenvalue weighted by Crippen LogP contribution is -2.15. The molecule has 0 aliphatic rings. The molecule has 0 saturated carbocycles. The Morgan fingerprint density at radius 2 is 2.10 bits per heavy atom. The number of carbonyl (C=O) groups is 1. The molecule has 0 bridgehead atoms. The summed E-state index contributed by atoms with van der Waals surface area (Å²) >= 11 is 9.40. The van der Waals surface area contributed by atoms with E-state index in [1.54, 1.807) is 18.2 Å². The Hall–Kier alpha value is -1.39. The van der Waals surface area contributed by atoms with E-state index in [9.17, 15) is 9.18 Å². The maximum absolute atomic E-state index is 13.0. The minimum Gasteiger partial charge on any atom is -0.325 e. The molecule has 2 aromatic rings. The molecule has 2 nitrogen and oxygen atoms in total. The fourth-order valence-corrected chi connectivity index (χ4v) is 2.49. The number of hydrogen-bond donors (Lipinski definition) is 1. The third-order valence-electron chi connectivity index (χ3n) is 2.78. The number of aryl methyl sites for hydroxylation is 1. The predicted molar refractivity (Wildman–Crippen MR) is 82.6 cm³/mol. The van der Waals surface area contributed by atoms with Crippen LogP contribution in [0.3, 0.4) is 0 Å². The normalized spacial score (nSPS) is 10.4. The highest BCUT2D eigenvalue weighted by atomic mass is 79.9. The topological polar surface area (TPSA) is 29.1 Å². The van der Waals surface area contributed by atoms with E-state index in [2.05, 4.69) is 21.2 Å². The minimum atomic E-state index is -0.352. The second-order valence-corrected chi connectivity index (χ2v) is 5.70. The Balaban J connectivity index is 2.10. The molecule has 0 aliphatic carbocycles. The number of rotatable bonds is 3. The van der Waals surface area contributed by atoms with Crippen LogP contribution in [0.25, 0.3) is 0 Å². The molecule has 1 N–H and O–H groups in total. The molecular weight excluding hydrogens is 345 g/mol. The Morgan fingerprint density at radius 3 is 2.80 bits per heavy atom. The molecule has 0 aliphatic heterocycles. The van der Waals surface area contributed by atoms with Crippen molar-refractivity contribution in [2.75, 3.05) is 5.32 Å². The SMILES string of the molecule is Cc1cc(Br)c(NC(=O)Cc2cccc(F)c2)cc1Cl. The molecule has 0 fully saturated rings. The Morgan fingerprint density at radius 1 is 1.35 bits per heavy atom. The van der Waals surface area contributed by atoms with Crippen molar-refractivity contribution in [1.29, 1.82) is 0 Å². The average Bonchev–Trinajstić information content (AvgIpc) is 2.36. The second kappa shape index (κ2) is 6.37. The number of halogens is 3. The molecular formula is C15H12BrClFNO. The first-order valence-electron chi connectivity index (χ1n) is 5.95. The van der Waals surface area contributed by atoms with Gasteiger partial charge in [0.1, 0.15) is 5.82 Å². The zero-order valence-electron chi connectivity index (χ0n) is 10.7. The van der Waals surface area contributed by atoms with E-state index >= 15 is 0 Å². The van der Waals surface area contributed by atoms with Gasteiger partial charge in [0.05, 0.1) is 12.1 Å². The summed E-state index contributed by atoms with van der Waals surface area (Å²) in [4.78, 5) is 11.9. The third-order valence-corrected chi connectivity index (χ3v) is 3.84. The summed E-state index contributed by atoms with van der Waals surface area (Å²) in [6, 6.07) is 9.50. The van der Waals surface area contributed by atoms with Crippen molar-refractivity contribution >= 4 is 39.1 Å². The smallest absolute Gasteiger partial charge is 0.228 e. The first-order chi connectivity index (χ1) is 9.45. The zero-order chi connectivity index (χ0) is 14.7. The Bertz CT molecular complexity index is 660. The van der Waals surface area contributed by atoms with Crippen LogP contribution >= 0.6 is 27.5 Å². The van der Waals surface area contributed by atoms with Gasteiger partial charge in [-0.05, 0) is 58.2 Å². The molecule has 0 heterocycles. The van der Waals surface area contributed by atoms with Crippen molar-refractivity contribution in [3.63, 3.8) is 0 Å². The van der Waals surface area contributed by atoms with Crippen molar-refractivity contribution in [3.8, 4) is 0 Å². The summed E-state index contributed by atoms with van der Waals surface area (Å²) < 4.78 is 13.8. The van der Waals surface area contributed by atoms with Gasteiger partial charge < -0.3 is 5.32 Å². The molecule has 2 rings (SSSR count). The van der Waals surface area contributed by atoms with E-state index in [4.69, 9.17) is 11.6 Å². The number of nitrogens with one attached hydrogen (secondary N) is 1. The maximum Gasteiger partial charge on any atom is 0.228 e. The highest BCUT2D eigenvalue weighted by Gasteiger charge is 2.09. The van der Waals surface area contributed by atoms with Crippen LogP contribution in [-0.4, -0.2) is 5.91 Å². The van der Waals surface area contributed by atoms with Crippen LogP contribution in [0, 0.1) is 12.7 Å². The van der Waals surface area contributed by atoms with Gasteiger partial charge >= 0.3 is 0 Å². The summed E-state index contributed by atoms with van der Waals surface area (Å²) in [5.41, 5.74) is 2.14. The fraction of sp³-hybridized carbons (Fsp3) is 0.133. The summed E-state index contributed by atoms with van der Waals surface area (Å²) in [7, 11) is 0. The van der Waals surface area contributed by atoms with E-state index in [0.717, 1.165) is 10.0 Å². The summed E-state index contributed by atoms with van der Waals surface area (Å²) in [6.07, 6.45) is 0.107. The molecule has 0 aromatic heterocycles. The number of amides is 1. The fourth-order valence-electron chi connectivity index (χ4n) is 1.77. The van der Waals surface area contributed by atoms with Crippen LogP contribution in [-0.2, 0) is 11.2 Å². The molecule has 1 amide bonds. The van der Waals surface area contributed by atoms with Gasteiger partial charge in [0.25, 0.3) is 0 Å². The lowest BCUT2D eigenvalue weighted by molar-refractivity contribution is -0.115. The quantitative estimate of drug-likeness (QED) is 0.846. The van der Waals surface area contributed by atoms with E-state index in [1.807, 2.05) is 13.0 Å². The number of hydrogen-bond acceptors (Lipinski definition) is 1. The van der Waals surface area contributed by atoms with Crippen molar-refractivity contribution in [2.45, 2.75) is 13.3 Å². The Labute approximate surface area is 130 Å². The molecule has 104 valence electrons. The van der Waals surface area contributed by atoms with Crippen LogP contribution in [0.2, 0.25) is 5.02 Å². The van der Waals surface area contributed by atoms with Gasteiger partial charge in [-0.1, -0.05) is 23.7 Å². The first-order valence-corrected chi connectivity index (χ1v) is 7.13. The van der Waals surface area contributed by atoms with Crippen molar-refractivity contribution < 1.29 is 9.18 Å². The molecule has 0 radical (unpaired) electrons. The largest absolute Gasteiger partial charge is 0.325 e. The molecule has 0 spiro atoms. The highest BCUT2D eigenvalue weighted by Crippen LogP contribution is 2.29. The third kappa shape index (κ3) is 3.81. The van der Waals surface area contributed by atoms with Crippen LogP contribution in [0.4, 0.5) is 10.1 Å².